The molecular formula is C12H23NO. The van der Waals surface area contributed by atoms with Gasteiger partial charge in [0.15, 0.2) is 0 Å². The minimum absolute atomic E-state index is 0.469. The van der Waals surface area contributed by atoms with Gasteiger partial charge in [-0.05, 0) is 31.1 Å². The molecule has 2 N–H and O–H groups in total. The van der Waals surface area contributed by atoms with E-state index in [-0.39, 0.29) is 0 Å². The largest absolute Gasteiger partial charge is 0.374 e. The van der Waals surface area contributed by atoms with Crippen molar-refractivity contribution in [1.82, 2.24) is 0 Å². The van der Waals surface area contributed by atoms with E-state index in [9.17, 15) is 0 Å². The fraction of sp³-hybridized carbons (Fsp3) is 0.833. The molecule has 2 nitrogen and oxygen atoms in total. The molecule has 0 aliphatic heterocycles. The Bertz CT molecular complexity index is 169. The first-order valence-electron chi connectivity index (χ1n) is 5.69. The van der Waals surface area contributed by atoms with Gasteiger partial charge in [0, 0.05) is 6.54 Å². The van der Waals surface area contributed by atoms with E-state index in [4.69, 9.17) is 10.5 Å². The summed E-state index contributed by atoms with van der Waals surface area (Å²) in [6.45, 7) is 5.98. The van der Waals surface area contributed by atoms with Crippen LogP contribution in [0.4, 0.5) is 0 Å². The minimum Gasteiger partial charge on any atom is -0.374 e. The molecule has 1 rings (SSSR count). The average Bonchev–Trinajstić information content (AvgIpc) is 2.11. The van der Waals surface area contributed by atoms with Crippen LogP contribution < -0.4 is 5.73 Å². The Morgan fingerprint density at radius 2 is 1.79 bits per heavy atom. The van der Waals surface area contributed by atoms with Crippen LogP contribution in [-0.4, -0.2) is 19.3 Å². The van der Waals surface area contributed by atoms with Crippen LogP contribution in [0.5, 0.6) is 0 Å². The Morgan fingerprint density at radius 3 is 2.36 bits per heavy atom. The molecule has 0 aromatic carbocycles. The molecule has 1 aliphatic carbocycles. The van der Waals surface area contributed by atoms with Crippen LogP contribution in [0, 0.1) is 11.8 Å². The highest BCUT2D eigenvalue weighted by atomic mass is 16.5. The lowest BCUT2D eigenvalue weighted by Crippen LogP contribution is -2.26. The Labute approximate surface area is 87.5 Å². The molecule has 0 radical (unpaired) electrons. The molecule has 0 heterocycles. The summed E-state index contributed by atoms with van der Waals surface area (Å²) in [7, 11) is 0. The predicted molar refractivity (Wildman–Crippen MR) is 60.1 cm³/mol. The molecule has 0 bridgehead atoms. The fourth-order valence-electron chi connectivity index (χ4n) is 2.37. The minimum atomic E-state index is 0.469. The molecule has 1 saturated carbocycles. The van der Waals surface area contributed by atoms with Crippen molar-refractivity contribution in [3.8, 4) is 0 Å². The maximum Gasteiger partial charge on any atom is 0.0651 e. The summed E-state index contributed by atoms with van der Waals surface area (Å²) in [5, 5.41) is 0. The second kappa shape index (κ2) is 6.20. The highest BCUT2D eigenvalue weighted by Gasteiger charge is 2.23. The van der Waals surface area contributed by atoms with Crippen molar-refractivity contribution in [3.05, 3.63) is 12.2 Å². The molecule has 14 heavy (non-hydrogen) atoms. The van der Waals surface area contributed by atoms with Crippen molar-refractivity contribution in [2.75, 3.05) is 13.2 Å². The first-order valence-corrected chi connectivity index (χ1v) is 5.69. The van der Waals surface area contributed by atoms with Gasteiger partial charge in [-0.1, -0.05) is 26.0 Å². The van der Waals surface area contributed by atoms with Gasteiger partial charge < -0.3 is 10.5 Å². The van der Waals surface area contributed by atoms with Gasteiger partial charge in [-0.15, -0.1) is 0 Å². The van der Waals surface area contributed by atoms with Gasteiger partial charge in [0.05, 0.1) is 12.7 Å². The van der Waals surface area contributed by atoms with E-state index in [1.165, 1.54) is 19.3 Å². The average molecular weight is 197 g/mol. The van der Waals surface area contributed by atoms with E-state index in [2.05, 4.69) is 13.8 Å². The van der Waals surface area contributed by atoms with Crippen molar-refractivity contribution in [3.63, 3.8) is 0 Å². The maximum atomic E-state index is 5.78. The van der Waals surface area contributed by atoms with Gasteiger partial charge in [0.2, 0.25) is 0 Å². The summed E-state index contributed by atoms with van der Waals surface area (Å²) in [5.41, 5.74) is 5.35. The third kappa shape index (κ3) is 4.25. The first-order chi connectivity index (χ1) is 6.72. The Kier molecular flexibility index (Phi) is 5.20. The molecule has 0 aromatic heterocycles. The van der Waals surface area contributed by atoms with Crippen molar-refractivity contribution in [1.29, 1.82) is 0 Å². The van der Waals surface area contributed by atoms with Crippen molar-refractivity contribution < 1.29 is 4.74 Å². The summed E-state index contributed by atoms with van der Waals surface area (Å²) >= 11 is 0. The standard InChI is InChI=1S/C12H23NO/c1-10-7-11(2)9-12(8-10)14-6-4-3-5-13/h3-4,10-12H,5-9,13H2,1-2H3. The molecule has 2 heteroatoms. The van der Waals surface area contributed by atoms with Crippen LogP contribution in [0.25, 0.3) is 0 Å². The third-order valence-electron chi connectivity index (χ3n) is 2.87. The van der Waals surface area contributed by atoms with Crippen LogP contribution in [0.15, 0.2) is 12.2 Å². The molecule has 82 valence electrons. The zero-order valence-electron chi connectivity index (χ0n) is 9.41. The van der Waals surface area contributed by atoms with Gasteiger partial charge in [0.25, 0.3) is 0 Å². The van der Waals surface area contributed by atoms with Gasteiger partial charge in [-0.2, -0.15) is 0 Å². The first kappa shape index (κ1) is 11.7. The summed E-state index contributed by atoms with van der Waals surface area (Å²) in [6, 6.07) is 0. The summed E-state index contributed by atoms with van der Waals surface area (Å²) in [6.07, 6.45) is 8.25. The van der Waals surface area contributed by atoms with Gasteiger partial charge >= 0.3 is 0 Å². The lowest BCUT2D eigenvalue weighted by molar-refractivity contribution is 0.0157. The third-order valence-corrected chi connectivity index (χ3v) is 2.87. The maximum absolute atomic E-state index is 5.78. The zero-order chi connectivity index (χ0) is 10.4. The van der Waals surface area contributed by atoms with Crippen molar-refractivity contribution in [2.24, 2.45) is 17.6 Å². The van der Waals surface area contributed by atoms with Crippen LogP contribution in [-0.2, 0) is 4.74 Å². The second-order valence-corrected chi connectivity index (χ2v) is 4.58. The second-order valence-electron chi connectivity index (χ2n) is 4.58. The van der Waals surface area contributed by atoms with Crippen molar-refractivity contribution >= 4 is 0 Å². The van der Waals surface area contributed by atoms with Crippen molar-refractivity contribution in [2.45, 2.75) is 39.2 Å². The number of rotatable bonds is 4. The molecule has 1 aliphatic rings. The lowest BCUT2D eigenvalue weighted by Gasteiger charge is -2.31. The normalized spacial score (nSPS) is 33.8. The summed E-state index contributed by atoms with van der Waals surface area (Å²) < 4.78 is 5.78. The molecule has 0 aromatic rings. The van der Waals surface area contributed by atoms with Crippen LogP contribution in [0.2, 0.25) is 0 Å². The van der Waals surface area contributed by atoms with Gasteiger partial charge in [-0.25, -0.2) is 0 Å². The molecule has 1 fully saturated rings. The Balaban J connectivity index is 2.20. The summed E-state index contributed by atoms with van der Waals surface area (Å²) in [5.74, 6) is 1.64. The molecule has 0 spiro atoms. The lowest BCUT2D eigenvalue weighted by atomic mass is 9.82. The van der Waals surface area contributed by atoms with Crippen LogP contribution in [0.1, 0.15) is 33.1 Å². The highest BCUT2D eigenvalue weighted by molar-refractivity contribution is 4.83. The van der Waals surface area contributed by atoms with Gasteiger partial charge in [-0.3, -0.25) is 0 Å². The topological polar surface area (TPSA) is 35.2 Å². The highest BCUT2D eigenvalue weighted by Crippen LogP contribution is 2.30. The number of nitrogens with two attached hydrogens (primary N) is 1. The molecule has 0 saturated heterocycles. The number of ether oxygens (including phenoxy) is 1. The van der Waals surface area contributed by atoms with E-state index in [0.717, 1.165) is 18.4 Å². The van der Waals surface area contributed by atoms with Crippen LogP contribution >= 0.6 is 0 Å². The number of hydrogen-bond acceptors (Lipinski definition) is 2. The van der Waals surface area contributed by atoms with E-state index >= 15 is 0 Å². The molecular weight excluding hydrogens is 174 g/mol. The zero-order valence-corrected chi connectivity index (χ0v) is 9.41. The SMILES string of the molecule is CC1CC(C)CC(OCC=CCN)C1. The predicted octanol–water partition coefficient (Wildman–Crippen LogP) is 2.34. The van der Waals surface area contributed by atoms with E-state index < -0.39 is 0 Å². The number of hydrogen-bond donors (Lipinski definition) is 1. The quantitative estimate of drug-likeness (QED) is 0.702. The van der Waals surface area contributed by atoms with E-state index in [1.54, 1.807) is 0 Å². The Morgan fingerprint density at radius 1 is 1.14 bits per heavy atom. The van der Waals surface area contributed by atoms with E-state index in [0.29, 0.717) is 12.6 Å². The Hall–Kier alpha value is -0.340. The fourth-order valence-corrected chi connectivity index (χ4v) is 2.37. The molecule has 2 atom stereocenters. The smallest absolute Gasteiger partial charge is 0.0651 e. The molecule has 2 unspecified atom stereocenters. The van der Waals surface area contributed by atoms with Crippen LogP contribution in [0.3, 0.4) is 0 Å². The molecule has 0 amide bonds. The summed E-state index contributed by atoms with van der Waals surface area (Å²) in [4.78, 5) is 0. The monoisotopic (exact) mass is 197 g/mol. The van der Waals surface area contributed by atoms with Gasteiger partial charge in [0.1, 0.15) is 0 Å². The van der Waals surface area contributed by atoms with E-state index in [1.807, 2.05) is 12.2 Å².